The molecule has 0 aliphatic carbocycles. The summed E-state index contributed by atoms with van der Waals surface area (Å²) in [5.41, 5.74) is 5.35. The van der Waals surface area contributed by atoms with E-state index in [1.54, 1.807) is 0 Å². The first-order chi connectivity index (χ1) is 7.24. The van der Waals surface area contributed by atoms with Crippen molar-refractivity contribution in [2.75, 3.05) is 26.7 Å². The minimum Gasteiger partial charge on any atom is -0.355 e. The molecule has 88 valence electrons. The van der Waals surface area contributed by atoms with E-state index in [1.807, 2.05) is 0 Å². The highest BCUT2D eigenvalue weighted by Gasteiger charge is 2.18. The van der Waals surface area contributed by atoms with Crippen molar-refractivity contribution < 1.29 is 4.79 Å². The van der Waals surface area contributed by atoms with Crippen molar-refractivity contribution in [3.8, 4) is 0 Å². The van der Waals surface area contributed by atoms with Gasteiger partial charge in [-0.3, -0.25) is 4.79 Å². The molecule has 1 aliphatic rings. The first-order valence-electron chi connectivity index (χ1n) is 5.91. The fourth-order valence-corrected chi connectivity index (χ4v) is 1.98. The van der Waals surface area contributed by atoms with Crippen molar-refractivity contribution >= 4 is 5.91 Å². The van der Waals surface area contributed by atoms with Crippen LogP contribution in [0.2, 0.25) is 0 Å². The summed E-state index contributed by atoms with van der Waals surface area (Å²) < 4.78 is 0. The first-order valence-corrected chi connectivity index (χ1v) is 5.91. The van der Waals surface area contributed by atoms with Crippen molar-refractivity contribution in [1.29, 1.82) is 0 Å². The zero-order valence-electron chi connectivity index (χ0n) is 9.67. The van der Waals surface area contributed by atoms with E-state index in [2.05, 4.69) is 17.3 Å². The van der Waals surface area contributed by atoms with Crippen molar-refractivity contribution in [1.82, 2.24) is 10.2 Å². The monoisotopic (exact) mass is 213 g/mol. The molecule has 1 rings (SSSR count). The number of amides is 1. The molecular weight excluding hydrogens is 190 g/mol. The van der Waals surface area contributed by atoms with Gasteiger partial charge in [0, 0.05) is 19.0 Å². The molecule has 0 spiro atoms. The van der Waals surface area contributed by atoms with Gasteiger partial charge in [-0.1, -0.05) is 6.42 Å². The quantitative estimate of drug-likeness (QED) is 0.692. The average molecular weight is 213 g/mol. The predicted molar refractivity (Wildman–Crippen MR) is 61.6 cm³/mol. The molecule has 4 heteroatoms. The number of likely N-dealkylation sites (N-methyl/N-ethyl adjacent to an activating group) is 1. The molecule has 1 amide bonds. The van der Waals surface area contributed by atoms with E-state index in [0.717, 1.165) is 19.5 Å². The van der Waals surface area contributed by atoms with Gasteiger partial charge < -0.3 is 16.0 Å². The Morgan fingerprint density at radius 3 is 3.00 bits per heavy atom. The number of nitrogens with one attached hydrogen (secondary N) is 1. The van der Waals surface area contributed by atoms with Crippen molar-refractivity contribution in [3.63, 3.8) is 0 Å². The number of carbonyl (C=O) groups is 1. The molecular formula is C11H23N3O. The van der Waals surface area contributed by atoms with Crippen LogP contribution in [0.5, 0.6) is 0 Å². The molecule has 15 heavy (non-hydrogen) atoms. The summed E-state index contributed by atoms with van der Waals surface area (Å²) in [6.45, 7) is 2.54. The van der Waals surface area contributed by atoms with E-state index in [9.17, 15) is 4.79 Å². The van der Waals surface area contributed by atoms with Gasteiger partial charge in [0.25, 0.3) is 0 Å². The van der Waals surface area contributed by atoms with Crippen LogP contribution in [0.3, 0.4) is 0 Å². The molecule has 1 unspecified atom stereocenters. The molecule has 1 saturated heterocycles. The Balaban J connectivity index is 2.14. The second kappa shape index (κ2) is 6.80. The molecule has 1 atom stereocenters. The zero-order valence-corrected chi connectivity index (χ0v) is 9.67. The van der Waals surface area contributed by atoms with Crippen LogP contribution >= 0.6 is 0 Å². The number of nitrogens with zero attached hydrogens (tertiary/aromatic N) is 1. The van der Waals surface area contributed by atoms with Gasteiger partial charge in [-0.15, -0.1) is 0 Å². The minimum atomic E-state index is 0.138. The van der Waals surface area contributed by atoms with Crippen molar-refractivity contribution in [3.05, 3.63) is 0 Å². The summed E-state index contributed by atoms with van der Waals surface area (Å²) in [5, 5.41) is 2.98. The van der Waals surface area contributed by atoms with Crippen LogP contribution in [0.25, 0.3) is 0 Å². The van der Waals surface area contributed by atoms with Gasteiger partial charge in [0.1, 0.15) is 0 Å². The smallest absolute Gasteiger partial charge is 0.220 e. The lowest BCUT2D eigenvalue weighted by atomic mass is 10.0. The van der Waals surface area contributed by atoms with E-state index in [0.29, 0.717) is 19.0 Å². The zero-order chi connectivity index (χ0) is 11.1. The van der Waals surface area contributed by atoms with E-state index in [-0.39, 0.29) is 5.91 Å². The second-order valence-electron chi connectivity index (χ2n) is 4.33. The molecule has 0 aromatic carbocycles. The lowest BCUT2D eigenvalue weighted by molar-refractivity contribution is -0.121. The van der Waals surface area contributed by atoms with E-state index < -0.39 is 0 Å². The fraction of sp³-hybridized carbons (Fsp3) is 0.909. The largest absolute Gasteiger partial charge is 0.355 e. The van der Waals surface area contributed by atoms with Crippen LogP contribution < -0.4 is 11.1 Å². The standard InChI is InChI=1S/C11H23N3O/c1-14-8-3-2-5-10(14)9-13-11(15)6-4-7-12/h10H,2-9,12H2,1H3,(H,13,15). The topological polar surface area (TPSA) is 58.4 Å². The van der Waals surface area contributed by atoms with Crippen LogP contribution in [0, 0.1) is 0 Å². The Labute approximate surface area is 92.2 Å². The number of carbonyl (C=O) groups excluding carboxylic acids is 1. The Bertz CT molecular complexity index is 196. The summed E-state index contributed by atoms with van der Waals surface area (Å²) in [6.07, 6.45) is 5.12. The molecule has 0 bridgehead atoms. The van der Waals surface area contributed by atoms with E-state index in [4.69, 9.17) is 5.73 Å². The van der Waals surface area contributed by atoms with Gasteiger partial charge in [0.05, 0.1) is 0 Å². The lowest BCUT2D eigenvalue weighted by Gasteiger charge is -2.32. The van der Waals surface area contributed by atoms with Crippen LogP contribution in [0.4, 0.5) is 0 Å². The van der Waals surface area contributed by atoms with E-state index >= 15 is 0 Å². The lowest BCUT2D eigenvalue weighted by Crippen LogP contribution is -2.44. The number of nitrogens with two attached hydrogens (primary N) is 1. The van der Waals surface area contributed by atoms with Gasteiger partial charge in [0.15, 0.2) is 0 Å². The third kappa shape index (κ3) is 4.62. The SMILES string of the molecule is CN1CCCCC1CNC(=O)CCCN. The maximum atomic E-state index is 11.4. The molecule has 1 fully saturated rings. The van der Waals surface area contributed by atoms with Crippen LogP contribution in [0.1, 0.15) is 32.1 Å². The van der Waals surface area contributed by atoms with Crippen LogP contribution in [-0.2, 0) is 4.79 Å². The van der Waals surface area contributed by atoms with Gasteiger partial charge in [-0.2, -0.15) is 0 Å². The highest BCUT2D eigenvalue weighted by molar-refractivity contribution is 5.75. The summed E-state index contributed by atoms with van der Waals surface area (Å²) in [6, 6.07) is 0.528. The number of rotatable bonds is 5. The molecule has 0 saturated carbocycles. The summed E-state index contributed by atoms with van der Waals surface area (Å²) >= 11 is 0. The summed E-state index contributed by atoms with van der Waals surface area (Å²) in [7, 11) is 2.13. The van der Waals surface area contributed by atoms with Crippen LogP contribution in [0.15, 0.2) is 0 Å². The molecule has 1 aliphatic heterocycles. The van der Waals surface area contributed by atoms with Gasteiger partial charge in [-0.25, -0.2) is 0 Å². The molecule has 1 heterocycles. The average Bonchev–Trinajstić information content (AvgIpc) is 2.25. The Morgan fingerprint density at radius 1 is 1.53 bits per heavy atom. The summed E-state index contributed by atoms with van der Waals surface area (Å²) in [4.78, 5) is 13.7. The Morgan fingerprint density at radius 2 is 2.33 bits per heavy atom. The highest BCUT2D eigenvalue weighted by atomic mass is 16.1. The first kappa shape index (κ1) is 12.5. The fourth-order valence-electron chi connectivity index (χ4n) is 1.98. The molecule has 0 radical (unpaired) electrons. The number of hydrogen-bond donors (Lipinski definition) is 2. The molecule has 3 N–H and O–H groups in total. The van der Waals surface area contributed by atoms with Crippen molar-refractivity contribution in [2.24, 2.45) is 5.73 Å². The number of hydrogen-bond acceptors (Lipinski definition) is 3. The third-order valence-electron chi connectivity index (χ3n) is 3.06. The number of likely N-dealkylation sites (tertiary alicyclic amines) is 1. The maximum absolute atomic E-state index is 11.4. The summed E-state index contributed by atoms with van der Waals surface area (Å²) in [5.74, 6) is 0.138. The Kier molecular flexibility index (Phi) is 5.65. The maximum Gasteiger partial charge on any atom is 0.220 e. The van der Waals surface area contributed by atoms with Gasteiger partial charge in [0.2, 0.25) is 5.91 Å². The van der Waals surface area contributed by atoms with Crippen LogP contribution in [-0.4, -0.2) is 43.5 Å². The Hall–Kier alpha value is -0.610. The molecule has 0 aromatic rings. The predicted octanol–water partition coefficient (Wildman–Crippen LogP) is 0.326. The highest BCUT2D eigenvalue weighted by Crippen LogP contribution is 2.13. The minimum absolute atomic E-state index is 0.138. The molecule has 0 aromatic heterocycles. The molecule has 4 nitrogen and oxygen atoms in total. The normalized spacial score (nSPS) is 22.7. The van der Waals surface area contributed by atoms with E-state index in [1.165, 1.54) is 19.3 Å². The van der Waals surface area contributed by atoms with Gasteiger partial charge >= 0.3 is 0 Å². The number of piperidine rings is 1. The second-order valence-corrected chi connectivity index (χ2v) is 4.33. The van der Waals surface area contributed by atoms with Gasteiger partial charge in [-0.05, 0) is 39.4 Å². The third-order valence-corrected chi connectivity index (χ3v) is 3.06. The van der Waals surface area contributed by atoms with Crippen molar-refractivity contribution in [2.45, 2.75) is 38.1 Å².